The second kappa shape index (κ2) is 5.45. The van der Waals surface area contributed by atoms with Crippen LogP contribution in [0.3, 0.4) is 0 Å². The quantitative estimate of drug-likeness (QED) is 0.866. The van der Waals surface area contributed by atoms with E-state index in [0.29, 0.717) is 0 Å². The first-order valence-corrected chi connectivity index (χ1v) is 7.79. The molecule has 1 heterocycles. The van der Waals surface area contributed by atoms with Crippen molar-refractivity contribution in [2.24, 2.45) is 0 Å². The Morgan fingerprint density at radius 1 is 1.04 bits per heavy atom. The van der Waals surface area contributed by atoms with E-state index in [0.717, 1.165) is 11.3 Å². The van der Waals surface area contributed by atoms with Gasteiger partial charge in [0.15, 0.2) is 0 Å². The predicted octanol–water partition coefficient (Wildman–Crippen LogP) is 3.94. The van der Waals surface area contributed by atoms with Crippen molar-refractivity contribution in [1.29, 1.82) is 0 Å². The lowest BCUT2D eigenvalue weighted by Crippen LogP contribution is -2.53. The number of hydrazine groups is 2. The number of hydrogen-bond acceptors (Lipinski definition) is 3. The normalized spacial score (nSPS) is 18.5. The van der Waals surface area contributed by atoms with Crippen LogP contribution in [0.15, 0.2) is 85.0 Å². The van der Waals surface area contributed by atoms with Crippen LogP contribution in [0.25, 0.3) is 5.57 Å². The van der Waals surface area contributed by atoms with Gasteiger partial charge in [0.2, 0.25) is 0 Å². The van der Waals surface area contributed by atoms with Gasteiger partial charge in [0.1, 0.15) is 0 Å². The van der Waals surface area contributed by atoms with E-state index in [-0.39, 0.29) is 6.04 Å². The van der Waals surface area contributed by atoms with E-state index in [1.54, 1.807) is 0 Å². The average molecular weight is 301 g/mol. The molecular weight excluding hydrogens is 282 g/mol. The van der Waals surface area contributed by atoms with Crippen LogP contribution in [0.5, 0.6) is 0 Å². The van der Waals surface area contributed by atoms with E-state index >= 15 is 0 Å². The number of benzene rings is 2. The lowest BCUT2D eigenvalue weighted by Gasteiger charge is -2.38. The van der Waals surface area contributed by atoms with E-state index in [9.17, 15) is 0 Å². The summed E-state index contributed by atoms with van der Waals surface area (Å²) in [4.78, 5) is 0. The van der Waals surface area contributed by atoms with Crippen molar-refractivity contribution in [2.75, 3.05) is 17.2 Å². The molecule has 23 heavy (non-hydrogen) atoms. The Morgan fingerprint density at radius 3 is 2.57 bits per heavy atom. The van der Waals surface area contributed by atoms with Gasteiger partial charge < -0.3 is 0 Å². The summed E-state index contributed by atoms with van der Waals surface area (Å²) in [6.45, 7) is 4.08. The number of para-hydroxylation sites is 2. The van der Waals surface area contributed by atoms with Crippen LogP contribution < -0.4 is 15.6 Å². The Kier molecular flexibility index (Phi) is 3.28. The first-order chi connectivity index (χ1) is 11.3. The van der Waals surface area contributed by atoms with Crippen molar-refractivity contribution in [3.63, 3.8) is 0 Å². The van der Waals surface area contributed by atoms with Crippen molar-refractivity contribution in [3.8, 4) is 0 Å². The molecule has 0 amide bonds. The second-order valence-corrected chi connectivity index (χ2v) is 5.71. The molecule has 3 nitrogen and oxygen atoms in total. The Labute approximate surface area is 136 Å². The van der Waals surface area contributed by atoms with Gasteiger partial charge in [-0.25, -0.2) is 10.5 Å². The highest BCUT2D eigenvalue weighted by Crippen LogP contribution is 2.44. The summed E-state index contributed by atoms with van der Waals surface area (Å²) in [7, 11) is 1.95. The van der Waals surface area contributed by atoms with Crippen molar-refractivity contribution in [1.82, 2.24) is 5.43 Å². The summed E-state index contributed by atoms with van der Waals surface area (Å²) in [5.41, 5.74) is 9.22. The molecule has 2 aromatic rings. The van der Waals surface area contributed by atoms with E-state index in [4.69, 9.17) is 0 Å². The molecule has 2 aromatic carbocycles. The van der Waals surface area contributed by atoms with E-state index in [1.165, 1.54) is 16.8 Å². The van der Waals surface area contributed by atoms with Crippen LogP contribution >= 0.6 is 0 Å². The topological polar surface area (TPSA) is 18.5 Å². The van der Waals surface area contributed by atoms with Gasteiger partial charge in [-0.05, 0) is 35.4 Å². The maximum Gasteiger partial charge on any atom is 0.0962 e. The molecule has 3 heteroatoms. The molecule has 0 spiro atoms. The molecule has 114 valence electrons. The number of fused-ring (bicyclic) bond motifs is 3. The van der Waals surface area contributed by atoms with Crippen LogP contribution in [-0.2, 0) is 0 Å². The third kappa shape index (κ3) is 2.17. The van der Waals surface area contributed by atoms with Crippen LogP contribution in [-0.4, -0.2) is 13.1 Å². The molecule has 0 fully saturated rings. The van der Waals surface area contributed by atoms with Gasteiger partial charge in [-0.3, -0.25) is 5.01 Å². The summed E-state index contributed by atoms with van der Waals surface area (Å²) in [6.07, 6.45) is 6.49. The van der Waals surface area contributed by atoms with Crippen LogP contribution in [0, 0.1) is 0 Å². The fraction of sp³-hybridized carbons (Fsp3) is 0.100. The SMILES string of the molecule is C=C1C=CC2C(=C1)c1ccccc1N2N(NC)c1ccccc1. The monoisotopic (exact) mass is 301 g/mol. The Hall–Kier alpha value is -2.78. The van der Waals surface area contributed by atoms with E-state index in [2.05, 4.69) is 88.9 Å². The highest BCUT2D eigenvalue weighted by molar-refractivity contribution is 5.92. The molecule has 1 unspecified atom stereocenters. The highest BCUT2D eigenvalue weighted by Gasteiger charge is 2.36. The zero-order valence-corrected chi connectivity index (χ0v) is 13.1. The molecule has 2 aliphatic rings. The number of nitrogens with zero attached hydrogens (tertiary/aromatic N) is 2. The molecule has 0 radical (unpaired) electrons. The van der Waals surface area contributed by atoms with Gasteiger partial charge >= 0.3 is 0 Å². The smallest absolute Gasteiger partial charge is 0.0962 e. The van der Waals surface area contributed by atoms with Crippen LogP contribution in [0.2, 0.25) is 0 Å². The molecule has 1 aliphatic heterocycles. The molecule has 0 saturated carbocycles. The second-order valence-electron chi connectivity index (χ2n) is 5.71. The zero-order chi connectivity index (χ0) is 15.8. The number of nitrogens with one attached hydrogen (secondary N) is 1. The molecule has 0 bridgehead atoms. The number of allylic oxidation sites excluding steroid dienone is 3. The Bertz CT molecular complexity index is 805. The standard InChI is InChI=1S/C20H19N3/c1-15-12-13-20-18(14-15)17-10-6-7-11-19(17)22(20)23(21-2)16-8-4-3-5-9-16/h3-14,20-21H,1H2,2H3. The minimum absolute atomic E-state index is 0.172. The third-order valence-electron chi connectivity index (χ3n) is 4.31. The van der Waals surface area contributed by atoms with Crippen molar-refractivity contribution in [2.45, 2.75) is 6.04 Å². The Balaban J connectivity index is 1.86. The summed E-state index contributed by atoms with van der Waals surface area (Å²) < 4.78 is 0. The van der Waals surface area contributed by atoms with Gasteiger partial charge in [-0.15, -0.1) is 0 Å². The van der Waals surface area contributed by atoms with Crippen LogP contribution in [0.1, 0.15) is 5.56 Å². The summed E-state index contributed by atoms with van der Waals surface area (Å²) in [5.74, 6) is 0. The molecule has 0 saturated heterocycles. The van der Waals surface area contributed by atoms with Crippen molar-refractivity contribution in [3.05, 3.63) is 90.5 Å². The number of anilines is 2. The highest BCUT2D eigenvalue weighted by atomic mass is 15.8. The maximum atomic E-state index is 4.08. The van der Waals surface area contributed by atoms with Gasteiger partial charge in [0.05, 0.1) is 17.4 Å². The summed E-state index contributed by atoms with van der Waals surface area (Å²) in [6, 6.07) is 19.0. The largest absolute Gasteiger partial charge is 0.259 e. The lowest BCUT2D eigenvalue weighted by molar-refractivity contribution is 0.647. The minimum Gasteiger partial charge on any atom is -0.259 e. The fourth-order valence-electron chi connectivity index (χ4n) is 3.33. The van der Waals surface area contributed by atoms with Crippen LogP contribution in [0.4, 0.5) is 11.4 Å². The Morgan fingerprint density at radius 2 is 1.78 bits per heavy atom. The van der Waals surface area contributed by atoms with Gasteiger partial charge in [0, 0.05) is 12.6 Å². The molecule has 1 N–H and O–H groups in total. The van der Waals surface area contributed by atoms with E-state index in [1.807, 2.05) is 13.1 Å². The fourth-order valence-corrected chi connectivity index (χ4v) is 3.33. The average Bonchev–Trinajstić information content (AvgIpc) is 2.91. The predicted molar refractivity (Wildman–Crippen MR) is 96.9 cm³/mol. The van der Waals surface area contributed by atoms with Crippen molar-refractivity contribution < 1.29 is 0 Å². The first kappa shape index (κ1) is 13.9. The maximum absolute atomic E-state index is 4.08. The number of hydrogen-bond donors (Lipinski definition) is 1. The molecular formula is C20H19N3. The van der Waals surface area contributed by atoms with Gasteiger partial charge in [0.25, 0.3) is 0 Å². The first-order valence-electron chi connectivity index (χ1n) is 7.79. The number of rotatable bonds is 3. The molecule has 0 aromatic heterocycles. The van der Waals surface area contributed by atoms with Crippen molar-refractivity contribution >= 4 is 16.9 Å². The van der Waals surface area contributed by atoms with E-state index < -0.39 is 0 Å². The summed E-state index contributed by atoms with van der Waals surface area (Å²) in [5, 5.41) is 4.39. The van der Waals surface area contributed by atoms with Gasteiger partial charge in [-0.2, -0.15) is 0 Å². The minimum atomic E-state index is 0.172. The third-order valence-corrected chi connectivity index (χ3v) is 4.31. The lowest BCUT2D eigenvalue weighted by atomic mass is 9.95. The van der Waals surface area contributed by atoms with Gasteiger partial charge in [-0.1, -0.05) is 55.1 Å². The molecule has 1 aliphatic carbocycles. The zero-order valence-electron chi connectivity index (χ0n) is 13.1. The molecule has 1 atom stereocenters. The summed E-state index contributed by atoms with van der Waals surface area (Å²) >= 11 is 0. The molecule has 4 rings (SSSR count).